The van der Waals surface area contributed by atoms with Crippen molar-refractivity contribution in [2.24, 2.45) is 0 Å². The van der Waals surface area contributed by atoms with Crippen molar-refractivity contribution in [3.05, 3.63) is 53.1 Å². The number of ether oxygens (including phenoxy) is 1. The van der Waals surface area contributed by atoms with E-state index in [1.54, 1.807) is 6.20 Å². The Balaban J connectivity index is 2.08. The highest BCUT2D eigenvalue weighted by Crippen LogP contribution is 2.26. The molecular formula is C15H16ClFN2O. The Hall–Kier alpha value is -1.65. The summed E-state index contributed by atoms with van der Waals surface area (Å²) in [6, 6.07) is 8.14. The Labute approximate surface area is 122 Å². The summed E-state index contributed by atoms with van der Waals surface area (Å²) in [5, 5.41) is 3.32. The van der Waals surface area contributed by atoms with Gasteiger partial charge in [0.15, 0.2) is 0 Å². The number of hydrogen-bond acceptors (Lipinski definition) is 3. The molecule has 1 aromatic carbocycles. The van der Waals surface area contributed by atoms with Crippen molar-refractivity contribution in [1.29, 1.82) is 0 Å². The summed E-state index contributed by atoms with van der Waals surface area (Å²) < 4.78 is 18.6. The summed E-state index contributed by atoms with van der Waals surface area (Å²) in [6.45, 7) is 4.98. The van der Waals surface area contributed by atoms with Crippen molar-refractivity contribution >= 4 is 11.6 Å². The average molecular weight is 295 g/mol. The molecule has 1 unspecified atom stereocenters. The Kier molecular flexibility index (Phi) is 4.93. The van der Waals surface area contributed by atoms with Gasteiger partial charge in [-0.1, -0.05) is 18.5 Å². The summed E-state index contributed by atoms with van der Waals surface area (Å²) in [7, 11) is 0. The number of hydrogen-bond donors (Lipinski definition) is 1. The monoisotopic (exact) mass is 294 g/mol. The molecule has 1 atom stereocenters. The molecule has 2 rings (SSSR count). The smallest absolute Gasteiger partial charge is 0.145 e. The van der Waals surface area contributed by atoms with Crippen LogP contribution >= 0.6 is 11.6 Å². The average Bonchev–Trinajstić information content (AvgIpc) is 2.44. The molecule has 0 aliphatic rings. The molecule has 106 valence electrons. The quantitative estimate of drug-likeness (QED) is 0.891. The molecule has 0 aliphatic carbocycles. The maximum absolute atomic E-state index is 13.0. The van der Waals surface area contributed by atoms with Crippen LogP contribution in [0.4, 0.5) is 4.39 Å². The third-order valence-electron chi connectivity index (χ3n) is 2.84. The molecule has 0 radical (unpaired) electrons. The van der Waals surface area contributed by atoms with Crippen molar-refractivity contribution < 1.29 is 9.13 Å². The Morgan fingerprint density at radius 3 is 2.65 bits per heavy atom. The van der Waals surface area contributed by atoms with Gasteiger partial charge in [0, 0.05) is 12.1 Å². The van der Waals surface area contributed by atoms with Crippen molar-refractivity contribution in [3.63, 3.8) is 0 Å². The van der Waals surface area contributed by atoms with Crippen molar-refractivity contribution in [2.75, 3.05) is 6.54 Å². The number of aromatic nitrogens is 1. The minimum absolute atomic E-state index is 0.0350. The first-order chi connectivity index (χ1) is 9.60. The third-order valence-corrected chi connectivity index (χ3v) is 3.13. The molecule has 3 nitrogen and oxygen atoms in total. The van der Waals surface area contributed by atoms with Crippen LogP contribution in [0.2, 0.25) is 5.02 Å². The van der Waals surface area contributed by atoms with E-state index in [0.29, 0.717) is 11.5 Å². The molecule has 0 amide bonds. The molecule has 5 heteroatoms. The number of rotatable bonds is 5. The topological polar surface area (TPSA) is 34.1 Å². The zero-order valence-electron chi connectivity index (χ0n) is 11.4. The lowest BCUT2D eigenvalue weighted by Gasteiger charge is -2.12. The van der Waals surface area contributed by atoms with Gasteiger partial charge in [0.2, 0.25) is 0 Å². The van der Waals surface area contributed by atoms with Gasteiger partial charge in [-0.15, -0.1) is 0 Å². The van der Waals surface area contributed by atoms with Crippen LogP contribution in [0.25, 0.3) is 0 Å². The second kappa shape index (κ2) is 6.68. The standard InChI is InChI=1S/C15H16ClFN2O/c1-3-18-10(2)15-7-5-12(9-19-15)20-11-4-6-14(17)13(16)8-11/h4-10,18H,3H2,1-2H3. The molecule has 0 saturated carbocycles. The first kappa shape index (κ1) is 14.8. The lowest BCUT2D eigenvalue weighted by atomic mass is 10.2. The zero-order chi connectivity index (χ0) is 14.5. The van der Waals surface area contributed by atoms with Crippen LogP contribution in [0.15, 0.2) is 36.5 Å². The van der Waals surface area contributed by atoms with Gasteiger partial charge in [0.25, 0.3) is 0 Å². The van der Waals surface area contributed by atoms with Gasteiger partial charge in [-0.2, -0.15) is 0 Å². The fourth-order valence-electron chi connectivity index (χ4n) is 1.80. The molecule has 0 spiro atoms. The Morgan fingerprint density at radius 2 is 2.05 bits per heavy atom. The van der Waals surface area contributed by atoms with Crippen LogP contribution in [0.1, 0.15) is 25.6 Å². The van der Waals surface area contributed by atoms with Crippen LogP contribution < -0.4 is 10.1 Å². The third kappa shape index (κ3) is 3.68. The van der Waals surface area contributed by atoms with Gasteiger partial charge >= 0.3 is 0 Å². The number of halogens is 2. The van der Waals surface area contributed by atoms with Gasteiger partial charge in [-0.05, 0) is 37.7 Å². The first-order valence-corrected chi connectivity index (χ1v) is 6.80. The van der Waals surface area contributed by atoms with Gasteiger partial charge in [-0.3, -0.25) is 4.98 Å². The number of pyridine rings is 1. The molecule has 0 fully saturated rings. The molecule has 1 heterocycles. The van der Waals surface area contributed by atoms with E-state index < -0.39 is 5.82 Å². The molecule has 20 heavy (non-hydrogen) atoms. The van der Waals surface area contributed by atoms with Crippen LogP contribution in [-0.2, 0) is 0 Å². The highest BCUT2D eigenvalue weighted by Gasteiger charge is 2.06. The second-order valence-corrected chi connectivity index (χ2v) is 4.78. The van der Waals surface area contributed by atoms with E-state index in [2.05, 4.69) is 10.3 Å². The number of nitrogens with one attached hydrogen (secondary N) is 1. The molecule has 1 aromatic heterocycles. The second-order valence-electron chi connectivity index (χ2n) is 4.38. The summed E-state index contributed by atoms with van der Waals surface area (Å²) in [5.41, 5.74) is 0.941. The lowest BCUT2D eigenvalue weighted by Crippen LogP contribution is -2.18. The molecular weight excluding hydrogens is 279 g/mol. The highest BCUT2D eigenvalue weighted by atomic mass is 35.5. The van der Waals surface area contributed by atoms with E-state index in [1.165, 1.54) is 18.2 Å². The normalized spacial score (nSPS) is 12.2. The van der Waals surface area contributed by atoms with Gasteiger partial charge in [0.05, 0.1) is 16.9 Å². The van der Waals surface area contributed by atoms with Crippen molar-refractivity contribution in [2.45, 2.75) is 19.9 Å². The fraction of sp³-hybridized carbons (Fsp3) is 0.267. The Morgan fingerprint density at radius 1 is 1.30 bits per heavy atom. The maximum Gasteiger partial charge on any atom is 0.145 e. The predicted octanol–water partition coefficient (Wildman–Crippen LogP) is 4.34. The van der Waals surface area contributed by atoms with E-state index in [0.717, 1.165) is 12.2 Å². The van der Waals surface area contributed by atoms with E-state index in [4.69, 9.17) is 16.3 Å². The fourth-order valence-corrected chi connectivity index (χ4v) is 1.97. The SMILES string of the molecule is CCNC(C)c1ccc(Oc2ccc(F)c(Cl)c2)cn1. The maximum atomic E-state index is 13.0. The van der Waals surface area contributed by atoms with E-state index >= 15 is 0 Å². The minimum atomic E-state index is -0.466. The van der Waals surface area contributed by atoms with Crippen LogP contribution in [0, 0.1) is 5.82 Å². The Bertz CT molecular complexity index is 575. The molecule has 2 aromatic rings. The zero-order valence-corrected chi connectivity index (χ0v) is 12.1. The van der Waals surface area contributed by atoms with Crippen LogP contribution in [0.3, 0.4) is 0 Å². The van der Waals surface area contributed by atoms with E-state index in [1.807, 2.05) is 26.0 Å². The van der Waals surface area contributed by atoms with Gasteiger partial charge < -0.3 is 10.1 Å². The summed E-state index contributed by atoms with van der Waals surface area (Å²) in [6.07, 6.45) is 1.64. The summed E-state index contributed by atoms with van der Waals surface area (Å²) in [5.74, 6) is 0.595. The van der Waals surface area contributed by atoms with Crippen molar-refractivity contribution in [1.82, 2.24) is 10.3 Å². The van der Waals surface area contributed by atoms with Crippen molar-refractivity contribution in [3.8, 4) is 11.5 Å². The van der Waals surface area contributed by atoms with Gasteiger partial charge in [-0.25, -0.2) is 4.39 Å². The minimum Gasteiger partial charge on any atom is -0.456 e. The van der Waals surface area contributed by atoms with E-state index in [9.17, 15) is 4.39 Å². The van der Waals surface area contributed by atoms with Crippen LogP contribution in [-0.4, -0.2) is 11.5 Å². The largest absolute Gasteiger partial charge is 0.456 e. The van der Waals surface area contributed by atoms with E-state index in [-0.39, 0.29) is 11.1 Å². The van der Waals surface area contributed by atoms with Gasteiger partial charge in [0.1, 0.15) is 17.3 Å². The summed E-state index contributed by atoms with van der Waals surface area (Å²) >= 11 is 5.70. The molecule has 0 saturated heterocycles. The molecule has 0 bridgehead atoms. The molecule has 0 aliphatic heterocycles. The summed E-state index contributed by atoms with van der Waals surface area (Å²) in [4.78, 5) is 4.34. The van der Waals surface area contributed by atoms with Crippen LogP contribution in [0.5, 0.6) is 11.5 Å². The lowest BCUT2D eigenvalue weighted by molar-refractivity contribution is 0.476. The number of benzene rings is 1. The first-order valence-electron chi connectivity index (χ1n) is 6.42. The molecule has 1 N–H and O–H groups in total. The number of nitrogens with zero attached hydrogens (tertiary/aromatic N) is 1. The highest BCUT2D eigenvalue weighted by molar-refractivity contribution is 6.30. The predicted molar refractivity (Wildman–Crippen MR) is 77.8 cm³/mol.